The molecule has 0 unspecified atom stereocenters. The second-order valence-corrected chi connectivity index (χ2v) is 3.15. The molecular formula is C10H9NO4. The summed E-state index contributed by atoms with van der Waals surface area (Å²) in [6.07, 6.45) is 0.240. The Bertz CT molecular complexity index is 503. The Labute approximate surface area is 85.0 Å². The fourth-order valence-corrected chi connectivity index (χ4v) is 1.28. The molecule has 5 heteroatoms. The lowest BCUT2D eigenvalue weighted by molar-refractivity contribution is -0.137. The van der Waals surface area contributed by atoms with Crippen molar-refractivity contribution in [2.45, 2.75) is 12.8 Å². The quantitative estimate of drug-likeness (QED) is 0.797. The van der Waals surface area contributed by atoms with Gasteiger partial charge in [0.1, 0.15) is 11.3 Å². The van der Waals surface area contributed by atoms with E-state index in [1.54, 1.807) is 6.07 Å². The maximum atomic E-state index is 10.3. The van der Waals surface area contributed by atoms with Crippen molar-refractivity contribution in [3.05, 3.63) is 24.1 Å². The molecule has 1 aromatic carbocycles. The molecule has 0 radical (unpaired) electrons. The molecule has 1 heterocycles. The molecule has 0 aliphatic rings. The number of nitrogens with zero attached hydrogens (tertiary/aromatic N) is 1. The summed E-state index contributed by atoms with van der Waals surface area (Å²) in [4.78, 5) is 14.4. The van der Waals surface area contributed by atoms with Crippen LogP contribution in [0.1, 0.15) is 12.3 Å². The molecule has 15 heavy (non-hydrogen) atoms. The topological polar surface area (TPSA) is 83.6 Å². The van der Waals surface area contributed by atoms with Crippen molar-refractivity contribution in [2.24, 2.45) is 0 Å². The summed E-state index contributed by atoms with van der Waals surface area (Å²) in [6.45, 7) is 0. The first kappa shape index (κ1) is 9.51. The lowest BCUT2D eigenvalue weighted by atomic mass is 10.3. The van der Waals surface area contributed by atoms with E-state index in [0.29, 0.717) is 17.0 Å². The fourth-order valence-electron chi connectivity index (χ4n) is 1.28. The number of carbonyl (C=O) groups is 1. The molecule has 2 aromatic rings. The number of phenolic OH excluding ortho intramolecular Hbond substituents is 1. The first-order chi connectivity index (χ1) is 7.15. The Morgan fingerprint density at radius 1 is 1.47 bits per heavy atom. The molecule has 0 aliphatic carbocycles. The number of benzene rings is 1. The minimum absolute atomic E-state index is 0.0151. The number of carboxylic acids is 1. The van der Waals surface area contributed by atoms with Gasteiger partial charge in [0.05, 0.1) is 6.42 Å². The number of hydrogen-bond acceptors (Lipinski definition) is 4. The van der Waals surface area contributed by atoms with Gasteiger partial charge in [-0.05, 0) is 12.1 Å². The summed E-state index contributed by atoms with van der Waals surface area (Å²) >= 11 is 0. The number of aromatic nitrogens is 1. The number of rotatable bonds is 3. The predicted octanol–water partition coefficient (Wildman–Crippen LogP) is 1.55. The van der Waals surface area contributed by atoms with E-state index in [4.69, 9.17) is 9.52 Å². The molecule has 0 bridgehead atoms. The standard InChI is InChI=1S/C10H9NO4/c12-6-1-2-7-8(5-6)15-9(11-7)3-4-10(13)14/h1-2,5,12H,3-4H2,(H,13,14). The molecule has 2 rings (SSSR count). The van der Waals surface area contributed by atoms with Gasteiger partial charge in [0.15, 0.2) is 11.5 Å². The van der Waals surface area contributed by atoms with Gasteiger partial charge in [-0.3, -0.25) is 4.79 Å². The first-order valence-corrected chi connectivity index (χ1v) is 4.45. The molecule has 0 saturated heterocycles. The van der Waals surface area contributed by atoms with Crippen LogP contribution in [0.25, 0.3) is 11.1 Å². The van der Waals surface area contributed by atoms with Gasteiger partial charge in [-0.25, -0.2) is 4.98 Å². The van der Waals surface area contributed by atoms with E-state index in [9.17, 15) is 9.90 Å². The second-order valence-electron chi connectivity index (χ2n) is 3.15. The van der Waals surface area contributed by atoms with E-state index in [0.717, 1.165) is 0 Å². The van der Waals surface area contributed by atoms with E-state index in [1.807, 2.05) is 0 Å². The number of fused-ring (bicyclic) bond motifs is 1. The van der Waals surface area contributed by atoms with Gasteiger partial charge in [0.2, 0.25) is 0 Å². The molecule has 2 N–H and O–H groups in total. The van der Waals surface area contributed by atoms with Crippen LogP contribution in [0.15, 0.2) is 22.6 Å². The number of oxazole rings is 1. The van der Waals surface area contributed by atoms with Crippen LogP contribution in [0.3, 0.4) is 0 Å². The highest BCUT2D eigenvalue weighted by atomic mass is 16.4. The molecule has 5 nitrogen and oxygen atoms in total. The number of aryl methyl sites for hydroxylation is 1. The number of aliphatic carboxylic acids is 1. The largest absolute Gasteiger partial charge is 0.508 e. The lowest BCUT2D eigenvalue weighted by Gasteiger charge is -1.89. The summed E-state index contributed by atoms with van der Waals surface area (Å²) in [6, 6.07) is 4.58. The molecule has 0 saturated carbocycles. The Morgan fingerprint density at radius 2 is 2.27 bits per heavy atom. The summed E-state index contributed by atoms with van der Waals surface area (Å²) in [5.74, 6) is -0.415. The molecule has 0 amide bonds. The highest BCUT2D eigenvalue weighted by Gasteiger charge is 2.07. The zero-order valence-corrected chi connectivity index (χ0v) is 7.80. The minimum Gasteiger partial charge on any atom is -0.508 e. The van der Waals surface area contributed by atoms with E-state index in [2.05, 4.69) is 4.98 Å². The van der Waals surface area contributed by atoms with Crippen LogP contribution in [0.4, 0.5) is 0 Å². The molecule has 0 fully saturated rings. The van der Waals surface area contributed by atoms with Crippen molar-refractivity contribution in [1.29, 1.82) is 0 Å². The smallest absolute Gasteiger partial charge is 0.303 e. The molecular weight excluding hydrogens is 198 g/mol. The zero-order chi connectivity index (χ0) is 10.8. The van der Waals surface area contributed by atoms with Gasteiger partial charge in [0.25, 0.3) is 0 Å². The monoisotopic (exact) mass is 207 g/mol. The normalized spacial score (nSPS) is 10.7. The molecule has 0 atom stereocenters. The number of hydrogen-bond donors (Lipinski definition) is 2. The van der Waals surface area contributed by atoms with Crippen LogP contribution < -0.4 is 0 Å². The van der Waals surface area contributed by atoms with Gasteiger partial charge >= 0.3 is 5.97 Å². The van der Waals surface area contributed by atoms with Gasteiger partial charge in [-0.1, -0.05) is 0 Å². The highest BCUT2D eigenvalue weighted by Crippen LogP contribution is 2.20. The third kappa shape index (κ3) is 2.07. The highest BCUT2D eigenvalue weighted by molar-refractivity contribution is 5.74. The van der Waals surface area contributed by atoms with Crippen LogP contribution in [-0.4, -0.2) is 21.2 Å². The number of phenols is 1. The maximum absolute atomic E-state index is 10.3. The Morgan fingerprint density at radius 3 is 3.00 bits per heavy atom. The van der Waals surface area contributed by atoms with Crippen LogP contribution in [0.2, 0.25) is 0 Å². The fraction of sp³-hybridized carbons (Fsp3) is 0.200. The summed E-state index contributed by atoms with van der Waals surface area (Å²) in [7, 11) is 0. The van der Waals surface area contributed by atoms with Gasteiger partial charge < -0.3 is 14.6 Å². The van der Waals surface area contributed by atoms with Gasteiger partial charge in [0, 0.05) is 12.5 Å². The summed E-state index contributed by atoms with van der Waals surface area (Å²) < 4.78 is 5.26. The van der Waals surface area contributed by atoms with Gasteiger partial charge in [-0.2, -0.15) is 0 Å². The van der Waals surface area contributed by atoms with Crippen molar-refractivity contribution in [2.75, 3.05) is 0 Å². The zero-order valence-electron chi connectivity index (χ0n) is 7.80. The molecule has 78 valence electrons. The SMILES string of the molecule is O=C(O)CCc1nc2ccc(O)cc2o1. The summed E-state index contributed by atoms with van der Waals surface area (Å²) in [5.41, 5.74) is 1.09. The average molecular weight is 207 g/mol. The molecule has 1 aromatic heterocycles. The van der Waals surface area contributed by atoms with Crippen molar-refractivity contribution in [3.8, 4) is 5.75 Å². The second kappa shape index (κ2) is 3.61. The maximum Gasteiger partial charge on any atom is 0.303 e. The molecule has 0 aliphatic heterocycles. The van der Waals surface area contributed by atoms with E-state index < -0.39 is 5.97 Å². The van der Waals surface area contributed by atoms with E-state index in [-0.39, 0.29) is 18.6 Å². The van der Waals surface area contributed by atoms with E-state index >= 15 is 0 Å². The van der Waals surface area contributed by atoms with Gasteiger partial charge in [-0.15, -0.1) is 0 Å². The van der Waals surface area contributed by atoms with Crippen LogP contribution >= 0.6 is 0 Å². The average Bonchev–Trinajstić information content (AvgIpc) is 2.56. The summed E-state index contributed by atoms with van der Waals surface area (Å²) in [5, 5.41) is 17.7. The molecule has 0 spiro atoms. The first-order valence-electron chi connectivity index (χ1n) is 4.45. The Hall–Kier alpha value is -2.04. The van der Waals surface area contributed by atoms with Crippen molar-refractivity contribution in [1.82, 2.24) is 4.98 Å². The van der Waals surface area contributed by atoms with Crippen LogP contribution in [0.5, 0.6) is 5.75 Å². The van der Waals surface area contributed by atoms with Crippen molar-refractivity contribution >= 4 is 17.1 Å². The number of carboxylic acid groups (broad SMARTS) is 1. The van der Waals surface area contributed by atoms with Crippen molar-refractivity contribution < 1.29 is 19.4 Å². The minimum atomic E-state index is -0.889. The van der Waals surface area contributed by atoms with Crippen LogP contribution in [0, 0.1) is 0 Å². The lowest BCUT2D eigenvalue weighted by Crippen LogP contribution is -1.97. The number of aromatic hydroxyl groups is 1. The third-order valence-corrected chi connectivity index (χ3v) is 1.97. The van der Waals surface area contributed by atoms with E-state index in [1.165, 1.54) is 12.1 Å². The Kier molecular flexibility index (Phi) is 2.29. The Balaban J connectivity index is 2.27. The third-order valence-electron chi connectivity index (χ3n) is 1.97. The van der Waals surface area contributed by atoms with Crippen LogP contribution in [-0.2, 0) is 11.2 Å². The predicted molar refractivity (Wildman–Crippen MR) is 51.6 cm³/mol. The van der Waals surface area contributed by atoms with Crippen molar-refractivity contribution in [3.63, 3.8) is 0 Å².